The number of likely N-dealkylation sites (N-methyl/N-ethyl adjacent to an activating group) is 1. The number of hydrogen-bond donors (Lipinski definition) is 2. The van der Waals surface area contributed by atoms with Gasteiger partial charge in [0.25, 0.3) is 0 Å². The van der Waals surface area contributed by atoms with Crippen molar-refractivity contribution in [1.82, 2.24) is 19.5 Å². The highest BCUT2D eigenvalue weighted by molar-refractivity contribution is 7.89. The minimum Gasteiger partial charge on any atom is -0.486 e. The summed E-state index contributed by atoms with van der Waals surface area (Å²) in [6.45, 7) is 2.46. The Hall–Kier alpha value is -1.56. The molecule has 0 saturated carbocycles. The van der Waals surface area contributed by atoms with Gasteiger partial charge in [-0.3, -0.25) is 9.80 Å². The van der Waals surface area contributed by atoms with E-state index in [2.05, 4.69) is 19.5 Å². The predicted octanol–water partition coefficient (Wildman–Crippen LogP) is 0.360. The Bertz CT molecular complexity index is 906. The number of sulfonamides is 1. The summed E-state index contributed by atoms with van der Waals surface area (Å²) in [6, 6.07) is 6.68. The van der Waals surface area contributed by atoms with Crippen molar-refractivity contribution in [2.24, 2.45) is 0 Å². The number of thiazole rings is 1. The first-order valence-corrected chi connectivity index (χ1v) is 11.5. The molecule has 2 aliphatic rings. The number of hydrogen-bond acceptors (Lipinski definition) is 8. The Morgan fingerprint density at radius 1 is 1.32 bits per heavy atom. The molecule has 0 spiro atoms. The summed E-state index contributed by atoms with van der Waals surface area (Å²) in [4.78, 5) is 8.78. The Labute approximate surface area is 168 Å². The normalized spacial score (nSPS) is 28.7. The maximum absolute atomic E-state index is 12.7. The maximum Gasteiger partial charge on any atom is 0.244 e. The number of rotatable bonds is 2. The highest BCUT2D eigenvalue weighted by Crippen LogP contribution is 2.29. The van der Waals surface area contributed by atoms with E-state index >= 15 is 0 Å². The van der Waals surface area contributed by atoms with Crippen LogP contribution in [-0.4, -0.2) is 79.8 Å². The van der Waals surface area contributed by atoms with E-state index in [0.717, 1.165) is 18.1 Å². The molecular formula is C18H24N4O4S2. The molecule has 1 saturated heterocycles. The molecule has 0 radical (unpaired) electrons. The molecule has 10 heteroatoms. The van der Waals surface area contributed by atoms with Crippen LogP contribution >= 0.6 is 11.3 Å². The van der Waals surface area contributed by atoms with Gasteiger partial charge in [0.05, 0.1) is 18.7 Å². The second-order valence-electron chi connectivity index (χ2n) is 7.24. The Morgan fingerprint density at radius 2 is 2.14 bits per heavy atom. The number of nitrogens with zero attached hydrogens (tertiary/aromatic N) is 3. The molecule has 3 heterocycles. The van der Waals surface area contributed by atoms with Gasteiger partial charge in [-0.15, -0.1) is 11.3 Å². The summed E-state index contributed by atoms with van der Waals surface area (Å²) in [5.41, 5.74) is 0. The van der Waals surface area contributed by atoms with E-state index in [1.807, 2.05) is 12.4 Å². The molecule has 3 atom stereocenters. The quantitative estimate of drug-likeness (QED) is 0.719. The van der Waals surface area contributed by atoms with Crippen molar-refractivity contribution in [3.63, 3.8) is 0 Å². The summed E-state index contributed by atoms with van der Waals surface area (Å²) < 4.78 is 34.1. The molecule has 0 unspecified atom stereocenters. The van der Waals surface area contributed by atoms with Gasteiger partial charge >= 0.3 is 0 Å². The predicted molar refractivity (Wildman–Crippen MR) is 106 cm³/mol. The molecule has 0 amide bonds. The lowest BCUT2D eigenvalue weighted by atomic mass is 10.1. The van der Waals surface area contributed by atoms with E-state index in [-0.39, 0.29) is 23.6 Å². The van der Waals surface area contributed by atoms with Crippen molar-refractivity contribution in [3.05, 3.63) is 40.8 Å². The van der Waals surface area contributed by atoms with Gasteiger partial charge in [0.15, 0.2) is 0 Å². The van der Waals surface area contributed by atoms with Gasteiger partial charge < -0.3 is 9.84 Å². The van der Waals surface area contributed by atoms with Crippen LogP contribution in [0.15, 0.2) is 40.7 Å². The van der Waals surface area contributed by atoms with Crippen LogP contribution in [0.2, 0.25) is 0 Å². The van der Waals surface area contributed by atoms with Crippen molar-refractivity contribution in [2.45, 2.75) is 29.7 Å². The van der Waals surface area contributed by atoms with Crippen LogP contribution in [0, 0.1) is 0 Å². The average molecular weight is 425 g/mol. The fourth-order valence-electron chi connectivity index (χ4n) is 3.77. The average Bonchev–Trinajstić information content (AvgIpc) is 3.30. The fourth-order valence-corrected chi connectivity index (χ4v) is 5.64. The molecule has 1 aromatic carbocycles. The van der Waals surface area contributed by atoms with Crippen LogP contribution in [0.5, 0.6) is 5.75 Å². The maximum atomic E-state index is 12.7. The summed E-state index contributed by atoms with van der Waals surface area (Å²) in [5, 5.41) is 13.3. The van der Waals surface area contributed by atoms with Crippen LogP contribution in [0.25, 0.3) is 0 Å². The molecular weight excluding hydrogens is 400 g/mol. The second kappa shape index (κ2) is 8.05. The number of fused-ring (bicyclic) bond motifs is 2. The van der Waals surface area contributed by atoms with E-state index in [1.54, 1.807) is 35.7 Å². The van der Waals surface area contributed by atoms with Crippen molar-refractivity contribution < 1.29 is 18.3 Å². The van der Waals surface area contributed by atoms with Gasteiger partial charge in [-0.2, -0.15) is 0 Å². The fraction of sp³-hybridized carbons (Fsp3) is 0.500. The third kappa shape index (κ3) is 4.22. The molecule has 0 bridgehead atoms. The highest BCUT2D eigenvalue weighted by atomic mass is 32.2. The van der Waals surface area contributed by atoms with Gasteiger partial charge in [-0.1, -0.05) is 12.1 Å². The third-order valence-electron chi connectivity index (χ3n) is 5.15. The molecule has 0 aliphatic carbocycles. The number of nitrogens with one attached hydrogen (secondary N) is 1. The summed E-state index contributed by atoms with van der Waals surface area (Å²) in [5.74, 6) is 0.339. The van der Waals surface area contributed by atoms with Crippen LogP contribution in [0.3, 0.4) is 0 Å². The first-order valence-electron chi connectivity index (χ1n) is 9.17. The number of likely N-dealkylation sites (tertiary alicyclic amines) is 1. The number of ether oxygens (including phenoxy) is 1. The lowest BCUT2D eigenvalue weighted by Crippen LogP contribution is -2.47. The van der Waals surface area contributed by atoms with Crippen LogP contribution in [0.1, 0.15) is 5.01 Å². The van der Waals surface area contributed by atoms with E-state index < -0.39 is 16.1 Å². The molecule has 1 aromatic heterocycles. The summed E-state index contributed by atoms with van der Waals surface area (Å²) in [7, 11) is -1.83. The molecule has 2 N–H and O–H groups in total. The number of aromatic nitrogens is 1. The monoisotopic (exact) mass is 424 g/mol. The second-order valence-corrected chi connectivity index (χ2v) is 9.95. The number of para-hydroxylation sites is 1. The van der Waals surface area contributed by atoms with Crippen LogP contribution in [-0.2, 0) is 16.6 Å². The zero-order valence-corrected chi connectivity index (χ0v) is 17.2. The number of aliphatic hydroxyl groups excluding tert-OH is 1. The lowest BCUT2D eigenvalue weighted by Gasteiger charge is -2.30. The first kappa shape index (κ1) is 19.7. The minimum absolute atomic E-state index is 0.0310. The molecule has 2 aromatic rings. The molecule has 28 heavy (non-hydrogen) atoms. The number of β-amino-alcohol motifs (C(OH)–C–C–N with tert-alkyl or cyclic N) is 1. The molecule has 2 aliphatic heterocycles. The van der Waals surface area contributed by atoms with Crippen molar-refractivity contribution in [3.8, 4) is 5.75 Å². The number of aliphatic hydroxyl groups is 1. The standard InChI is InChI=1S/C18H24N4O4S2/c1-21-9-13(23)8-20-28(24,25)17-5-3-2-4-15(17)26-16-11-22(10-14(16)21)12-18-19-6-7-27-18/h2-7,13-14,16,20,23H,8-12H2,1H3/t13-,14+,16-/m0/s1. The Morgan fingerprint density at radius 3 is 2.93 bits per heavy atom. The zero-order chi connectivity index (χ0) is 19.7. The van der Waals surface area contributed by atoms with Gasteiger partial charge in [-0.05, 0) is 19.2 Å². The summed E-state index contributed by atoms with van der Waals surface area (Å²) >= 11 is 1.62. The number of benzene rings is 1. The molecule has 152 valence electrons. The van der Waals surface area contributed by atoms with Crippen molar-refractivity contribution in [1.29, 1.82) is 0 Å². The van der Waals surface area contributed by atoms with Crippen molar-refractivity contribution >= 4 is 21.4 Å². The third-order valence-corrected chi connectivity index (χ3v) is 7.37. The van der Waals surface area contributed by atoms with Gasteiger partial charge in [0, 0.05) is 37.8 Å². The Kier molecular flexibility index (Phi) is 5.68. The topological polar surface area (TPSA) is 95.0 Å². The van der Waals surface area contributed by atoms with E-state index in [0.29, 0.717) is 18.8 Å². The zero-order valence-electron chi connectivity index (χ0n) is 15.6. The summed E-state index contributed by atoms with van der Waals surface area (Å²) in [6.07, 6.45) is 0.773. The van der Waals surface area contributed by atoms with Gasteiger partial charge in [0.2, 0.25) is 10.0 Å². The minimum atomic E-state index is -3.77. The van der Waals surface area contributed by atoms with Crippen LogP contribution < -0.4 is 9.46 Å². The van der Waals surface area contributed by atoms with E-state index in [1.165, 1.54) is 6.07 Å². The lowest BCUT2D eigenvalue weighted by molar-refractivity contribution is 0.0713. The molecule has 8 nitrogen and oxygen atoms in total. The van der Waals surface area contributed by atoms with Crippen molar-refractivity contribution in [2.75, 3.05) is 33.2 Å². The van der Waals surface area contributed by atoms with Gasteiger partial charge in [0.1, 0.15) is 21.8 Å². The molecule has 1 fully saturated rings. The Balaban J connectivity index is 1.64. The van der Waals surface area contributed by atoms with Gasteiger partial charge in [-0.25, -0.2) is 18.1 Å². The van der Waals surface area contributed by atoms with E-state index in [4.69, 9.17) is 4.74 Å². The van der Waals surface area contributed by atoms with E-state index in [9.17, 15) is 13.5 Å². The largest absolute Gasteiger partial charge is 0.486 e. The SMILES string of the molecule is CN1C[C@@H](O)CNS(=O)(=O)c2ccccc2O[C@H]2CN(Cc3nccs3)C[C@H]21. The highest BCUT2D eigenvalue weighted by Gasteiger charge is 2.39. The first-order chi connectivity index (χ1) is 13.4. The smallest absolute Gasteiger partial charge is 0.244 e. The molecule has 4 rings (SSSR count). The van der Waals surface area contributed by atoms with Crippen LogP contribution in [0.4, 0.5) is 0 Å².